The van der Waals surface area contributed by atoms with Crippen LogP contribution in [0.25, 0.3) is 10.9 Å². The zero-order chi connectivity index (χ0) is 19.7. The third-order valence-electron chi connectivity index (χ3n) is 5.63. The number of benzene rings is 2. The molecular formula is C22H23N3O3. The molecule has 0 unspecified atom stereocenters. The second kappa shape index (κ2) is 7.22. The van der Waals surface area contributed by atoms with Crippen molar-refractivity contribution in [3.63, 3.8) is 0 Å². The Morgan fingerprint density at radius 2 is 1.89 bits per heavy atom. The lowest BCUT2D eigenvalue weighted by Gasteiger charge is -2.43. The van der Waals surface area contributed by atoms with Gasteiger partial charge >= 0.3 is 0 Å². The summed E-state index contributed by atoms with van der Waals surface area (Å²) in [7, 11) is 1.69. The number of aromatic nitrogens is 1. The number of aliphatic hydroxyl groups is 1. The predicted octanol–water partition coefficient (Wildman–Crippen LogP) is 1.52. The van der Waals surface area contributed by atoms with Crippen LogP contribution in [0.1, 0.15) is 22.3 Å². The monoisotopic (exact) mass is 377 g/mol. The van der Waals surface area contributed by atoms with E-state index in [1.807, 2.05) is 54.6 Å². The van der Waals surface area contributed by atoms with Gasteiger partial charge in [-0.25, -0.2) is 0 Å². The Labute approximate surface area is 162 Å². The molecule has 1 aliphatic rings. The molecule has 1 aliphatic heterocycles. The normalized spacial score (nSPS) is 22.1. The number of nitrogens with zero attached hydrogens (tertiary/aromatic N) is 1. The number of hydrogen-bond acceptors (Lipinski definition) is 4. The van der Waals surface area contributed by atoms with Crippen LogP contribution in [-0.4, -0.2) is 34.8 Å². The van der Waals surface area contributed by atoms with Crippen LogP contribution in [-0.2, 0) is 12.6 Å². The fourth-order valence-electron chi connectivity index (χ4n) is 4.02. The zero-order valence-corrected chi connectivity index (χ0v) is 15.7. The highest BCUT2D eigenvalue weighted by molar-refractivity contribution is 6.06. The fraction of sp³-hybridized carbons (Fsp3) is 0.273. The number of β-amino-alcohol motifs (C(OH)–C–C–N with tert-alkyl or cyclic N) is 1. The molecule has 2 atom stereocenters. The van der Waals surface area contributed by atoms with Crippen molar-refractivity contribution in [3.8, 4) is 0 Å². The molecule has 6 heteroatoms. The summed E-state index contributed by atoms with van der Waals surface area (Å²) in [6, 6.07) is 18.2. The molecule has 0 aliphatic carbocycles. The van der Waals surface area contributed by atoms with Crippen molar-refractivity contribution in [3.05, 3.63) is 82.1 Å². The van der Waals surface area contributed by atoms with Crippen LogP contribution in [0.4, 0.5) is 0 Å². The molecule has 0 bridgehead atoms. The smallest absolute Gasteiger partial charge is 0.252 e. The van der Waals surface area contributed by atoms with Gasteiger partial charge in [-0.3, -0.25) is 9.59 Å². The van der Waals surface area contributed by atoms with E-state index in [1.165, 1.54) is 10.6 Å². The van der Waals surface area contributed by atoms with Gasteiger partial charge in [0.05, 0.1) is 22.7 Å². The Morgan fingerprint density at radius 3 is 2.64 bits per heavy atom. The molecule has 1 saturated heterocycles. The summed E-state index contributed by atoms with van der Waals surface area (Å²) < 4.78 is 1.53. The lowest BCUT2D eigenvalue weighted by Crippen LogP contribution is -2.61. The van der Waals surface area contributed by atoms with Crippen LogP contribution in [0.2, 0.25) is 0 Å². The molecule has 0 spiro atoms. The van der Waals surface area contributed by atoms with E-state index in [9.17, 15) is 14.7 Å². The average Bonchev–Trinajstić information content (AvgIpc) is 2.73. The summed E-state index contributed by atoms with van der Waals surface area (Å²) in [6.45, 7) is 1.05. The summed E-state index contributed by atoms with van der Waals surface area (Å²) in [5.74, 6) is -0.362. The van der Waals surface area contributed by atoms with E-state index in [0.29, 0.717) is 36.0 Å². The van der Waals surface area contributed by atoms with Crippen LogP contribution in [0, 0.1) is 0 Å². The van der Waals surface area contributed by atoms with Gasteiger partial charge in [-0.1, -0.05) is 48.5 Å². The maximum atomic E-state index is 13.3. The van der Waals surface area contributed by atoms with Gasteiger partial charge < -0.3 is 20.3 Å². The quantitative estimate of drug-likeness (QED) is 0.646. The first-order chi connectivity index (χ1) is 13.5. The summed E-state index contributed by atoms with van der Waals surface area (Å²) in [6.07, 6.45) is -0.238. The molecule has 1 fully saturated rings. The van der Waals surface area contributed by atoms with Gasteiger partial charge in [0.1, 0.15) is 0 Å². The van der Waals surface area contributed by atoms with E-state index in [2.05, 4.69) is 10.6 Å². The van der Waals surface area contributed by atoms with Gasteiger partial charge in [-0.2, -0.15) is 0 Å². The number of hydrogen-bond donors (Lipinski definition) is 3. The van der Waals surface area contributed by atoms with Gasteiger partial charge in [0.25, 0.3) is 11.5 Å². The Balaban J connectivity index is 1.81. The van der Waals surface area contributed by atoms with E-state index >= 15 is 0 Å². The molecule has 1 aromatic heterocycles. The number of fused-ring (bicyclic) bond motifs is 1. The first-order valence-corrected chi connectivity index (χ1v) is 9.38. The topological polar surface area (TPSA) is 83.4 Å². The van der Waals surface area contributed by atoms with E-state index < -0.39 is 11.6 Å². The van der Waals surface area contributed by atoms with Crippen molar-refractivity contribution in [1.29, 1.82) is 0 Å². The minimum Gasteiger partial charge on any atom is -0.389 e. The van der Waals surface area contributed by atoms with Gasteiger partial charge in [0.15, 0.2) is 0 Å². The highest BCUT2D eigenvalue weighted by Gasteiger charge is 2.43. The number of para-hydroxylation sites is 1. The zero-order valence-electron chi connectivity index (χ0n) is 15.7. The third kappa shape index (κ3) is 3.00. The predicted molar refractivity (Wildman–Crippen MR) is 108 cm³/mol. The molecule has 3 N–H and O–H groups in total. The highest BCUT2D eigenvalue weighted by atomic mass is 16.3. The van der Waals surface area contributed by atoms with Crippen LogP contribution >= 0.6 is 0 Å². The Hall–Kier alpha value is -2.96. The van der Waals surface area contributed by atoms with Gasteiger partial charge in [0.2, 0.25) is 0 Å². The van der Waals surface area contributed by atoms with Crippen molar-refractivity contribution in [2.45, 2.75) is 18.1 Å². The van der Waals surface area contributed by atoms with E-state index in [1.54, 1.807) is 7.05 Å². The Morgan fingerprint density at radius 1 is 1.18 bits per heavy atom. The SMILES string of the molecule is Cn1c(=O)cc(C(=O)N[C@]2(c3ccccc3)CCNC[C@H]2O)c2ccccc21. The number of nitrogens with one attached hydrogen (secondary N) is 2. The number of carbonyl (C=O) groups is 1. The van der Waals surface area contributed by atoms with Gasteiger partial charge in [-0.15, -0.1) is 0 Å². The van der Waals surface area contributed by atoms with Gasteiger partial charge in [-0.05, 0) is 24.6 Å². The number of rotatable bonds is 3. The molecule has 1 amide bonds. The Kier molecular flexibility index (Phi) is 4.75. The van der Waals surface area contributed by atoms with Crippen LogP contribution in [0.15, 0.2) is 65.5 Å². The molecule has 6 nitrogen and oxygen atoms in total. The van der Waals surface area contributed by atoms with E-state index in [-0.39, 0.29) is 11.5 Å². The lowest BCUT2D eigenvalue weighted by molar-refractivity contribution is 0.0290. The third-order valence-corrected chi connectivity index (χ3v) is 5.63. The van der Waals surface area contributed by atoms with E-state index in [0.717, 1.165) is 5.56 Å². The molecular weight excluding hydrogens is 354 g/mol. The maximum Gasteiger partial charge on any atom is 0.252 e. The first kappa shape index (κ1) is 18.4. The standard InChI is InChI=1S/C22H23N3O3/c1-25-18-10-6-5-9-16(18)17(13-20(25)27)21(28)24-22(11-12-23-14-19(22)26)15-7-3-2-4-8-15/h2-10,13,19,23,26H,11-12,14H2,1H3,(H,24,28)/t19-,22+/m1/s1. The molecule has 144 valence electrons. The summed E-state index contributed by atoms with van der Waals surface area (Å²) >= 11 is 0. The molecule has 0 saturated carbocycles. The lowest BCUT2D eigenvalue weighted by atomic mass is 9.79. The minimum absolute atomic E-state index is 0.247. The molecule has 3 aromatic rings. The highest BCUT2D eigenvalue weighted by Crippen LogP contribution is 2.32. The molecule has 28 heavy (non-hydrogen) atoms. The second-order valence-electron chi connectivity index (χ2n) is 7.23. The average molecular weight is 377 g/mol. The summed E-state index contributed by atoms with van der Waals surface area (Å²) in [5, 5.41) is 17.8. The molecule has 2 aromatic carbocycles. The summed E-state index contributed by atoms with van der Waals surface area (Å²) in [5.41, 5.74) is 0.708. The number of pyridine rings is 1. The van der Waals surface area contributed by atoms with E-state index in [4.69, 9.17) is 0 Å². The Bertz CT molecular complexity index is 1080. The van der Waals surface area contributed by atoms with Crippen LogP contribution in [0.3, 0.4) is 0 Å². The van der Waals surface area contributed by atoms with Crippen molar-refractivity contribution >= 4 is 16.8 Å². The van der Waals surface area contributed by atoms with Crippen molar-refractivity contribution in [2.24, 2.45) is 7.05 Å². The number of carbonyl (C=O) groups excluding carboxylic acids is 1. The van der Waals surface area contributed by atoms with Crippen LogP contribution < -0.4 is 16.2 Å². The van der Waals surface area contributed by atoms with Crippen molar-refractivity contribution < 1.29 is 9.90 Å². The minimum atomic E-state index is -0.911. The summed E-state index contributed by atoms with van der Waals surface area (Å²) in [4.78, 5) is 25.7. The van der Waals surface area contributed by atoms with Crippen molar-refractivity contribution in [2.75, 3.05) is 13.1 Å². The number of piperidine rings is 1. The second-order valence-corrected chi connectivity index (χ2v) is 7.23. The molecule has 2 heterocycles. The van der Waals surface area contributed by atoms with Crippen molar-refractivity contribution in [1.82, 2.24) is 15.2 Å². The largest absolute Gasteiger partial charge is 0.389 e. The fourth-order valence-corrected chi connectivity index (χ4v) is 4.02. The molecule has 4 rings (SSSR count). The first-order valence-electron chi connectivity index (χ1n) is 9.38. The van der Waals surface area contributed by atoms with Crippen LogP contribution in [0.5, 0.6) is 0 Å². The molecule has 0 radical (unpaired) electrons. The number of amides is 1. The van der Waals surface area contributed by atoms with Gasteiger partial charge in [0, 0.05) is 25.0 Å². The number of aliphatic hydroxyl groups excluding tert-OH is 1. The maximum absolute atomic E-state index is 13.3. The number of aryl methyl sites for hydroxylation is 1.